The Bertz CT molecular complexity index is 290. The van der Waals surface area contributed by atoms with Crippen LogP contribution in [0.2, 0.25) is 0 Å². The van der Waals surface area contributed by atoms with Crippen LogP contribution in [0.1, 0.15) is 6.92 Å². The first-order chi connectivity index (χ1) is 5.77. The van der Waals surface area contributed by atoms with Gasteiger partial charge in [-0.05, 0) is 25.2 Å². The van der Waals surface area contributed by atoms with Gasteiger partial charge in [0.25, 0.3) is 0 Å². The summed E-state index contributed by atoms with van der Waals surface area (Å²) in [5, 5.41) is 0. The van der Waals surface area contributed by atoms with Crippen molar-refractivity contribution in [1.82, 2.24) is 0 Å². The number of ether oxygens (including phenoxy) is 1. The number of rotatable bonds is 1. The highest BCUT2D eigenvalue weighted by molar-refractivity contribution is 5.43. The molecule has 0 radical (unpaired) electrons. The summed E-state index contributed by atoms with van der Waals surface area (Å²) >= 11 is 0. The van der Waals surface area contributed by atoms with E-state index in [1.54, 1.807) is 6.08 Å². The minimum Gasteiger partial charge on any atom is -0.458 e. The van der Waals surface area contributed by atoms with Crippen molar-refractivity contribution in [3.05, 3.63) is 60.6 Å². The van der Waals surface area contributed by atoms with Gasteiger partial charge in [0.1, 0.15) is 11.5 Å². The minimum absolute atomic E-state index is 0.671. The van der Waals surface area contributed by atoms with E-state index in [1.807, 2.05) is 31.2 Å². The van der Waals surface area contributed by atoms with Crippen LogP contribution in [-0.4, -0.2) is 0 Å². The standard InChI is InChI=1S/C11H12O/c1-4-6-10-8-7-9(3)12-11(10)5-2/h4-8H,1,3H2,2H3/b10-6-,11-5+. The SMILES string of the molecule is C=C/C=C1/C=CC(=C)O/C1=C/C. The maximum atomic E-state index is 5.36. The van der Waals surface area contributed by atoms with Crippen LogP contribution in [0.15, 0.2) is 60.6 Å². The zero-order chi connectivity index (χ0) is 8.97. The van der Waals surface area contributed by atoms with E-state index >= 15 is 0 Å². The zero-order valence-corrected chi connectivity index (χ0v) is 7.21. The minimum atomic E-state index is 0.671. The quantitative estimate of drug-likeness (QED) is 0.572. The first-order valence-electron chi connectivity index (χ1n) is 3.82. The van der Waals surface area contributed by atoms with E-state index in [1.165, 1.54) is 0 Å². The van der Waals surface area contributed by atoms with Crippen LogP contribution in [0.25, 0.3) is 0 Å². The number of hydrogen-bond acceptors (Lipinski definition) is 1. The molecule has 1 aliphatic rings. The Morgan fingerprint density at radius 1 is 1.42 bits per heavy atom. The molecule has 62 valence electrons. The Kier molecular flexibility index (Phi) is 2.70. The lowest BCUT2D eigenvalue weighted by Gasteiger charge is -2.14. The molecular weight excluding hydrogens is 148 g/mol. The van der Waals surface area contributed by atoms with Crippen LogP contribution in [-0.2, 0) is 4.74 Å². The third-order valence-corrected chi connectivity index (χ3v) is 1.53. The van der Waals surface area contributed by atoms with Gasteiger partial charge in [-0.2, -0.15) is 0 Å². The fourth-order valence-corrected chi connectivity index (χ4v) is 0.989. The topological polar surface area (TPSA) is 9.23 Å². The molecule has 1 aliphatic heterocycles. The molecule has 1 rings (SSSR count). The van der Waals surface area contributed by atoms with E-state index in [0.717, 1.165) is 11.3 Å². The summed E-state index contributed by atoms with van der Waals surface area (Å²) in [6, 6.07) is 0. The molecule has 0 unspecified atom stereocenters. The van der Waals surface area contributed by atoms with Crippen molar-refractivity contribution in [2.24, 2.45) is 0 Å². The molecule has 1 nitrogen and oxygen atoms in total. The maximum absolute atomic E-state index is 5.36. The lowest BCUT2D eigenvalue weighted by Crippen LogP contribution is -1.97. The molecule has 0 bridgehead atoms. The Morgan fingerprint density at radius 2 is 2.17 bits per heavy atom. The fraction of sp³-hybridized carbons (Fsp3) is 0.0909. The van der Waals surface area contributed by atoms with Gasteiger partial charge in [0, 0.05) is 5.57 Å². The van der Waals surface area contributed by atoms with E-state index in [9.17, 15) is 0 Å². The summed E-state index contributed by atoms with van der Waals surface area (Å²) in [7, 11) is 0. The molecule has 0 fully saturated rings. The fourth-order valence-electron chi connectivity index (χ4n) is 0.989. The summed E-state index contributed by atoms with van der Waals surface area (Å²) in [6.07, 6.45) is 9.34. The molecule has 0 aliphatic carbocycles. The van der Waals surface area contributed by atoms with Gasteiger partial charge < -0.3 is 4.74 Å². The van der Waals surface area contributed by atoms with Crippen molar-refractivity contribution in [3.63, 3.8) is 0 Å². The van der Waals surface area contributed by atoms with Crippen LogP contribution in [0, 0.1) is 0 Å². The first kappa shape index (κ1) is 8.60. The number of hydrogen-bond donors (Lipinski definition) is 0. The van der Waals surface area contributed by atoms with Gasteiger partial charge in [-0.3, -0.25) is 0 Å². The lowest BCUT2D eigenvalue weighted by atomic mass is 10.1. The highest BCUT2D eigenvalue weighted by Crippen LogP contribution is 2.22. The van der Waals surface area contributed by atoms with Crippen LogP contribution >= 0.6 is 0 Å². The van der Waals surface area contributed by atoms with Crippen LogP contribution in [0.5, 0.6) is 0 Å². The normalized spacial score (nSPS) is 22.9. The van der Waals surface area contributed by atoms with E-state index in [4.69, 9.17) is 4.74 Å². The average Bonchev–Trinajstić information content (AvgIpc) is 2.08. The second-order valence-corrected chi connectivity index (χ2v) is 2.41. The second kappa shape index (κ2) is 3.77. The predicted molar refractivity (Wildman–Crippen MR) is 51.4 cm³/mol. The predicted octanol–water partition coefficient (Wildman–Crippen LogP) is 3.10. The summed E-state index contributed by atoms with van der Waals surface area (Å²) in [6.45, 7) is 9.26. The third-order valence-electron chi connectivity index (χ3n) is 1.53. The van der Waals surface area contributed by atoms with Gasteiger partial charge in [0.2, 0.25) is 0 Å². The second-order valence-electron chi connectivity index (χ2n) is 2.41. The molecular formula is C11H12O. The maximum Gasteiger partial charge on any atom is 0.130 e. The molecule has 0 spiro atoms. The smallest absolute Gasteiger partial charge is 0.130 e. The largest absolute Gasteiger partial charge is 0.458 e. The molecule has 0 aromatic rings. The van der Waals surface area contributed by atoms with E-state index < -0.39 is 0 Å². The number of allylic oxidation sites excluding steroid dienone is 5. The summed E-state index contributed by atoms with van der Waals surface area (Å²) < 4.78 is 5.36. The van der Waals surface area contributed by atoms with Gasteiger partial charge >= 0.3 is 0 Å². The van der Waals surface area contributed by atoms with Crippen molar-refractivity contribution in [1.29, 1.82) is 0 Å². The summed E-state index contributed by atoms with van der Waals surface area (Å²) in [5.74, 6) is 1.51. The molecule has 0 aromatic heterocycles. The average molecular weight is 160 g/mol. The monoisotopic (exact) mass is 160 g/mol. The van der Waals surface area contributed by atoms with Crippen LogP contribution in [0.3, 0.4) is 0 Å². The highest BCUT2D eigenvalue weighted by Gasteiger charge is 2.07. The van der Waals surface area contributed by atoms with Gasteiger partial charge in [-0.1, -0.05) is 25.3 Å². The molecule has 0 atom stereocenters. The van der Waals surface area contributed by atoms with E-state index in [0.29, 0.717) is 5.76 Å². The Labute approximate surface area is 73.0 Å². The highest BCUT2D eigenvalue weighted by atomic mass is 16.5. The molecule has 0 saturated heterocycles. The lowest BCUT2D eigenvalue weighted by molar-refractivity contribution is 0.327. The Hall–Kier alpha value is -1.50. The molecule has 1 heterocycles. The summed E-state index contributed by atoms with van der Waals surface area (Å²) in [4.78, 5) is 0. The molecule has 0 aromatic carbocycles. The molecule has 0 N–H and O–H groups in total. The molecule has 0 saturated carbocycles. The van der Waals surface area contributed by atoms with Crippen LogP contribution < -0.4 is 0 Å². The van der Waals surface area contributed by atoms with Gasteiger partial charge in [-0.15, -0.1) is 0 Å². The molecule has 12 heavy (non-hydrogen) atoms. The molecule has 1 heteroatoms. The van der Waals surface area contributed by atoms with E-state index in [-0.39, 0.29) is 0 Å². The van der Waals surface area contributed by atoms with Crippen molar-refractivity contribution in [2.45, 2.75) is 6.92 Å². The van der Waals surface area contributed by atoms with E-state index in [2.05, 4.69) is 13.2 Å². The van der Waals surface area contributed by atoms with Crippen molar-refractivity contribution in [3.8, 4) is 0 Å². The van der Waals surface area contributed by atoms with Crippen molar-refractivity contribution >= 4 is 0 Å². The Morgan fingerprint density at radius 3 is 2.75 bits per heavy atom. The van der Waals surface area contributed by atoms with Crippen molar-refractivity contribution in [2.75, 3.05) is 0 Å². The van der Waals surface area contributed by atoms with Gasteiger partial charge in [-0.25, -0.2) is 0 Å². The molecule has 0 amide bonds. The third kappa shape index (κ3) is 1.76. The zero-order valence-electron chi connectivity index (χ0n) is 7.21. The van der Waals surface area contributed by atoms with Crippen molar-refractivity contribution < 1.29 is 4.74 Å². The van der Waals surface area contributed by atoms with Gasteiger partial charge in [0.05, 0.1) is 0 Å². The Balaban J connectivity index is 3.01. The first-order valence-corrected chi connectivity index (χ1v) is 3.82. The van der Waals surface area contributed by atoms with Crippen LogP contribution in [0.4, 0.5) is 0 Å². The summed E-state index contributed by atoms with van der Waals surface area (Å²) in [5.41, 5.74) is 1.03. The van der Waals surface area contributed by atoms with Gasteiger partial charge in [0.15, 0.2) is 0 Å².